The van der Waals surface area contributed by atoms with Crippen LogP contribution in [0.15, 0.2) is 41.9 Å². The number of nitrogens with zero attached hydrogens (tertiary/aromatic N) is 2. The first-order valence-corrected chi connectivity index (χ1v) is 13.0. The standard InChI is InChI=1S/C24H24N6O5S2/c1-3-35-23(34)17(12-25-21(32)18-8-5-9-36-18)28-22(33)20-13(2)27-24(37-20)29-19(31)10-14-6-4-7-16-15(14)11-26-30-16/h4-9,11,17H,3,10,12H2,1-2H3,(H,25,32)(H,26,30)(H,28,33)(H,27,29,31)/t17-/m0/s1. The molecule has 1 aromatic carbocycles. The van der Waals surface area contributed by atoms with Crippen molar-refractivity contribution in [2.24, 2.45) is 0 Å². The number of carbonyl (C=O) groups is 4. The number of amides is 3. The molecule has 0 bridgehead atoms. The summed E-state index contributed by atoms with van der Waals surface area (Å²) in [5.74, 6) is -1.90. The van der Waals surface area contributed by atoms with E-state index in [2.05, 4.69) is 31.1 Å². The molecule has 192 valence electrons. The number of aryl methyl sites for hydroxylation is 1. The van der Waals surface area contributed by atoms with Gasteiger partial charge in [-0.2, -0.15) is 5.10 Å². The highest BCUT2D eigenvalue weighted by atomic mass is 32.1. The van der Waals surface area contributed by atoms with Crippen LogP contribution in [0.1, 0.15) is 37.5 Å². The van der Waals surface area contributed by atoms with Gasteiger partial charge in [-0.25, -0.2) is 9.78 Å². The molecule has 0 saturated heterocycles. The Morgan fingerprint density at radius 2 is 1.97 bits per heavy atom. The third kappa shape index (κ3) is 6.37. The summed E-state index contributed by atoms with van der Waals surface area (Å²) in [4.78, 5) is 55.3. The Kier molecular flexibility index (Phi) is 8.25. The van der Waals surface area contributed by atoms with Gasteiger partial charge < -0.3 is 20.7 Å². The lowest BCUT2D eigenvalue weighted by Gasteiger charge is -2.17. The number of H-pyrrole nitrogens is 1. The van der Waals surface area contributed by atoms with Gasteiger partial charge >= 0.3 is 5.97 Å². The van der Waals surface area contributed by atoms with Crippen molar-refractivity contribution in [1.29, 1.82) is 0 Å². The number of thiophene rings is 1. The maximum atomic E-state index is 13.0. The molecule has 0 fully saturated rings. The minimum atomic E-state index is -1.11. The number of esters is 1. The van der Waals surface area contributed by atoms with Gasteiger partial charge in [0, 0.05) is 11.9 Å². The number of aromatic nitrogens is 3. The fourth-order valence-electron chi connectivity index (χ4n) is 3.53. The third-order valence-corrected chi connectivity index (χ3v) is 7.20. The molecule has 3 aromatic heterocycles. The average molecular weight is 541 g/mol. The Bertz CT molecular complexity index is 1430. The Morgan fingerprint density at radius 3 is 2.73 bits per heavy atom. The summed E-state index contributed by atoms with van der Waals surface area (Å²) in [6.45, 7) is 3.25. The van der Waals surface area contributed by atoms with Crippen molar-refractivity contribution in [3.8, 4) is 0 Å². The normalized spacial score (nSPS) is 11.6. The molecule has 0 aliphatic heterocycles. The van der Waals surface area contributed by atoms with Gasteiger partial charge in [0.25, 0.3) is 11.8 Å². The summed E-state index contributed by atoms with van der Waals surface area (Å²) in [5, 5.41) is 17.7. The molecule has 0 aliphatic carbocycles. The Hall–Kier alpha value is -4.10. The predicted octanol–water partition coefficient (Wildman–Crippen LogP) is 2.66. The van der Waals surface area contributed by atoms with E-state index in [0.29, 0.717) is 10.6 Å². The van der Waals surface area contributed by atoms with Gasteiger partial charge in [-0.15, -0.1) is 11.3 Å². The second kappa shape index (κ2) is 11.8. The van der Waals surface area contributed by atoms with E-state index in [4.69, 9.17) is 4.74 Å². The molecule has 0 saturated carbocycles. The third-order valence-electron chi connectivity index (χ3n) is 5.26. The molecule has 11 nitrogen and oxygen atoms in total. The zero-order valence-electron chi connectivity index (χ0n) is 20.0. The smallest absolute Gasteiger partial charge is 0.330 e. The van der Waals surface area contributed by atoms with Crippen LogP contribution in [0.3, 0.4) is 0 Å². The van der Waals surface area contributed by atoms with Crippen LogP contribution in [0.2, 0.25) is 0 Å². The van der Waals surface area contributed by atoms with Crippen molar-refractivity contribution < 1.29 is 23.9 Å². The van der Waals surface area contributed by atoms with Gasteiger partial charge in [-0.05, 0) is 36.9 Å². The van der Waals surface area contributed by atoms with E-state index < -0.39 is 17.9 Å². The molecule has 3 amide bonds. The summed E-state index contributed by atoms with van der Waals surface area (Å²) in [5.41, 5.74) is 2.02. The monoisotopic (exact) mass is 540 g/mol. The summed E-state index contributed by atoms with van der Waals surface area (Å²) in [6, 6.07) is 7.84. The van der Waals surface area contributed by atoms with Gasteiger partial charge in [0.1, 0.15) is 10.9 Å². The molecule has 0 radical (unpaired) electrons. The van der Waals surface area contributed by atoms with E-state index in [9.17, 15) is 19.2 Å². The molecule has 37 heavy (non-hydrogen) atoms. The van der Waals surface area contributed by atoms with Crippen molar-refractivity contribution >= 4 is 62.4 Å². The molecule has 4 N–H and O–H groups in total. The van der Waals surface area contributed by atoms with E-state index in [1.54, 1.807) is 37.6 Å². The lowest BCUT2D eigenvalue weighted by atomic mass is 10.1. The van der Waals surface area contributed by atoms with Crippen LogP contribution in [0.25, 0.3) is 10.9 Å². The van der Waals surface area contributed by atoms with Crippen LogP contribution < -0.4 is 16.0 Å². The number of anilines is 1. The van der Waals surface area contributed by atoms with Crippen LogP contribution in [0, 0.1) is 6.92 Å². The average Bonchev–Trinajstić information content (AvgIpc) is 3.63. The van der Waals surface area contributed by atoms with Gasteiger partial charge in [0.15, 0.2) is 5.13 Å². The van der Waals surface area contributed by atoms with Gasteiger partial charge in [-0.1, -0.05) is 29.5 Å². The SMILES string of the molecule is CCOC(=O)[C@H](CNC(=O)c1cccs1)NC(=O)c1sc(NC(=O)Cc2cccc3[nH]ncc23)nc1C. The summed E-state index contributed by atoms with van der Waals surface area (Å²) in [6.07, 6.45) is 1.77. The summed E-state index contributed by atoms with van der Waals surface area (Å²) < 4.78 is 5.05. The van der Waals surface area contributed by atoms with E-state index in [1.165, 1.54) is 11.3 Å². The van der Waals surface area contributed by atoms with Crippen molar-refractivity contribution in [2.45, 2.75) is 26.3 Å². The Labute approximate surface area is 219 Å². The van der Waals surface area contributed by atoms with Crippen LogP contribution >= 0.6 is 22.7 Å². The molecular formula is C24H24N6O5S2. The maximum Gasteiger partial charge on any atom is 0.330 e. The van der Waals surface area contributed by atoms with Crippen molar-refractivity contribution in [3.63, 3.8) is 0 Å². The van der Waals surface area contributed by atoms with Crippen LogP contribution in [0.5, 0.6) is 0 Å². The van der Waals surface area contributed by atoms with Crippen LogP contribution in [0.4, 0.5) is 5.13 Å². The van der Waals surface area contributed by atoms with E-state index in [0.717, 1.165) is 27.8 Å². The number of aromatic amines is 1. The number of fused-ring (bicyclic) bond motifs is 1. The quantitative estimate of drug-likeness (QED) is 0.225. The fraction of sp³-hybridized carbons (Fsp3) is 0.250. The van der Waals surface area contributed by atoms with Crippen molar-refractivity contribution in [1.82, 2.24) is 25.8 Å². The van der Waals surface area contributed by atoms with Crippen molar-refractivity contribution in [3.05, 3.63) is 62.9 Å². The molecule has 13 heteroatoms. The molecule has 3 heterocycles. The zero-order chi connectivity index (χ0) is 26.4. The summed E-state index contributed by atoms with van der Waals surface area (Å²) in [7, 11) is 0. The summed E-state index contributed by atoms with van der Waals surface area (Å²) >= 11 is 2.25. The maximum absolute atomic E-state index is 13.0. The largest absolute Gasteiger partial charge is 0.464 e. The highest BCUT2D eigenvalue weighted by molar-refractivity contribution is 7.17. The van der Waals surface area contributed by atoms with E-state index in [-0.39, 0.29) is 41.4 Å². The van der Waals surface area contributed by atoms with Crippen LogP contribution in [-0.4, -0.2) is 58.1 Å². The first kappa shape index (κ1) is 26.0. The number of thiazole rings is 1. The number of nitrogens with one attached hydrogen (secondary N) is 4. The second-order valence-electron chi connectivity index (χ2n) is 7.87. The van der Waals surface area contributed by atoms with Crippen molar-refractivity contribution in [2.75, 3.05) is 18.5 Å². The number of rotatable bonds is 10. The molecular weight excluding hydrogens is 516 g/mol. The molecule has 1 atom stereocenters. The van der Waals surface area contributed by atoms with Crippen LogP contribution in [-0.2, 0) is 20.7 Å². The zero-order valence-corrected chi connectivity index (χ0v) is 21.6. The van der Waals surface area contributed by atoms with E-state index >= 15 is 0 Å². The molecule has 0 aliphatic rings. The Balaban J connectivity index is 1.40. The predicted molar refractivity (Wildman–Crippen MR) is 140 cm³/mol. The minimum Gasteiger partial charge on any atom is -0.464 e. The highest BCUT2D eigenvalue weighted by Crippen LogP contribution is 2.23. The first-order valence-electron chi connectivity index (χ1n) is 11.3. The topological polar surface area (TPSA) is 155 Å². The Morgan fingerprint density at radius 1 is 1.14 bits per heavy atom. The molecule has 0 unspecified atom stereocenters. The number of hydrogen-bond donors (Lipinski definition) is 4. The molecule has 4 aromatic rings. The minimum absolute atomic E-state index is 0.103. The lowest BCUT2D eigenvalue weighted by Crippen LogP contribution is -2.49. The van der Waals surface area contributed by atoms with Gasteiger partial charge in [-0.3, -0.25) is 19.5 Å². The molecule has 0 spiro atoms. The van der Waals surface area contributed by atoms with E-state index in [1.807, 2.05) is 18.2 Å². The second-order valence-corrected chi connectivity index (χ2v) is 9.82. The lowest BCUT2D eigenvalue weighted by molar-refractivity contribution is -0.145. The number of ether oxygens (including phenoxy) is 1. The number of benzene rings is 1. The molecule has 4 rings (SSSR count). The number of carbonyl (C=O) groups excluding carboxylic acids is 4. The van der Waals surface area contributed by atoms with Gasteiger partial charge in [0.2, 0.25) is 5.91 Å². The number of hydrogen-bond acceptors (Lipinski definition) is 9. The highest BCUT2D eigenvalue weighted by Gasteiger charge is 2.26. The fourth-order valence-corrected chi connectivity index (χ4v) is 5.06. The van der Waals surface area contributed by atoms with Gasteiger partial charge in [0.05, 0.1) is 35.3 Å². The first-order chi connectivity index (χ1) is 17.9.